The second-order valence-corrected chi connectivity index (χ2v) is 5.13. The molecule has 0 fully saturated rings. The van der Waals surface area contributed by atoms with Crippen molar-refractivity contribution in [3.05, 3.63) is 16.1 Å². The Labute approximate surface area is 97.0 Å². The standard InChI is InChI=1S/C10H13N3S2/c1-3-6-9(15-8(4-2)12-6)7-5-14-10(11)13-7/h5H,3-4H2,1-2H3,(H2,11,13). The van der Waals surface area contributed by atoms with E-state index in [2.05, 4.69) is 23.8 Å². The Kier molecular flexibility index (Phi) is 3.02. The van der Waals surface area contributed by atoms with Gasteiger partial charge in [-0.05, 0) is 12.8 Å². The van der Waals surface area contributed by atoms with Crippen molar-refractivity contribution in [2.24, 2.45) is 0 Å². The van der Waals surface area contributed by atoms with E-state index < -0.39 is 0 Å². The molecule has 0 radical (unpaired) electrons. The second kappa shape index (κ2) is 4.28. The summed E-state index contributed by atoms with van der Waals surface area (Å²) in [5.74, 6) is 0. The number of nitrogens with zero attached hydrogens (tertiary/aromatic N) is 2. The quantitative estimate of drug-likeness (QED) is 0.896. The topological polar surface area (TPSA) is 51.8 Å². The number of aryl methyl sites for hydroxylation is 2. The van der Waals surface area contributed by atoms with Gasteiger partial charge < -0.3 is 5.73 Å². The molecule has 2 heterocycles. The summed E-state index contributed by atoms with van der Waals surface area (Å²) < 4.78 is 0. The van der Waals surface area contributed by atoms with Gasteiger partial charge in [0, 0.05) is 5.38 Å². The Balaban J connectivity index is 2.46. The zero-order chi connectivity index (χ0) is 10.8. The molecule has 0 aliphatic rings. The maximum Gasteiger partial charge on any atom is 0.180 e. The molecule has 0 bridgehead atoms. The molecule has 5 heteroatoms. The fourth-order valence-corrected chi connectivity index (χ4v) is 3.07. The fourth-order valence-electron chi connectivity index (χ4n) is 1.38. The summed E-state index contributed by atoms with van der Waals surface area (Å²) in [6, 6.07) is 0. The van der Waals surface area contributed by atoms with Gasteiger partial charge in [-0.1, -0.05) is 13.8 Å². The number of nitrogens with two attached hydrogens (primary N) is 1. The Morgan fingerprint density at radius 2 is 2.07 bits per heavy atom. The summed E-state index contributed by atoms with van der Waals surface area (Å²) in [7, 11) is 0. The molecule has 0 aromatic carbocycles. The Morgan fingerprint density at radius 3 is 2.60 bits per heavy atom. The van der Waals surface area contributed by atoms with E-state index in [-0.39, 0.29) is 0 Å². The average molecular weight is 239 g/mol. The van der Waals surface area contributed by atoms with Gasteiger partial charge in [-0.2, -0.15) is 0 Å². The van der Waals surface area contributed by atoms with Crippen LogP contribution in [0.4, 0.5) is 5.13 Å². The Morgan fingerprint density at radius 1 is 1.27 bits per heavy atom. The lowest BCUT2D eigenvalue weighted by Crippen LogP contribution is -1.86. The van der Waals surface area contributed by atoms with E-state index in [4.69, 9.17) is 5.73 Å². The first-order valence-electron chi connectivity index (χ1n) is 4.94. The van der Waals surface area contributed by atoms with Crippen LogP contribution in [0.1, 0.15) is 24.5 Å². The molecule has 80 valence electrons. The van der Waals surface area contributed by atoms with Gasteiger partial charge >= 0.3 is 0 Å². The van der Waals surface area contributed by atoms with Crippen molar-refractivity contribution in [1.82, 2.24) is 9.97 Å². The number of hydrogen-bond donors (Lipinski definition) is 1. The molecule has 0 atom stereocenters. The minimum atomic E-state index is 0.624. The molecular formula is C10H13N3S2. The Hall–Kier alpha value is -0.940. The minimum absolute atomic E-state index is 0.624. The van der Waals surface area contributed by atoms with E-state index in [9.17, 15) is 0 Å². The average Bonchev–Trinajstić information content (AvgIpc) is 2.82. The monoisotopic (exact) mass is 239 g/mol. The molecule has 0 aliphatic carbocycles. The zero-order valence-corrected chi connectivity index (χ0v) is 10.4. The molecule has 2 rings (SSSR count). The summed E-state index contributed by atoms with van der Waals surface area (Å²) in [6.07, 6.45) is 1.93. The third-order valence-electron chi connectivity index (χ3n) is 2.13. The van der Waals surface area contributed by atoms with Crippen LogP contribution in [0.15, 0.2) is 5.38 Å². The Bertz CT molecular complexity index is 459. The van der Waals surface area contributed by atoms with Crippen LogP contribution in [0.2, 0.25) is 0 Å². The predicted molar refractivity (Wildman–Crippen MR) is 66.4 cm³/mol. The number of hydrogen-bond acceptors (Lipinski definition) is 5. The molecule has 2 aromatic heterocycles. The third kappa shape index (κ3) is 2.03. The summed E-state index contributed by atoms with van der Waals surface area (Å²) in [5, 5.41) is 3.80. The van der Waals surface area contributed by atoms with Crippen LogP contribution in [0.3, 0.4) is 0 Å². The lowest BCUT2D eigenvalue weighted by atomic mass is 10.2. The molecule has 0 spiro atoms. The minimum Gasteiger partial charge on any atom is -0.375 e. The lowest BCUT2D eigenvalue weighted by Gasteiger charge is -1.93. The highest BCUT2D eigenvalue weighted by molar-refractivity contribution is 7.16. The lowest BCUT2D eigenvalue weighted by molar-refractivity contribution is 1.00. The van der Waals surface area contributed by atoms with Crippen LogP contribution in [-0.2, 0) is 12.8 Å². The highest BCUT2D eigenvalue weighted by Crippen LogP contribution is 2.32. The van der Waals surface area contributed by atoms with Crippen molar-refractivity contribution in [3.8, 4) is 10.6 Å². The van der Waals surface area contributed by atoms with Crippen LogP contribution in [-0.4, -0.2) is 9.97 Å². The largest absolute Gasteiger partial charge is 0.375 e. The second-order valence-electron chi connectivity index (χ2n) is 3.16. The van der Waals surface area contributed by atoms with Gasteiger partial charge in [-0.15, -0.1) is 22.7 Å². The van der Waals surface area contributed by atoms with Crippen LogP contribution in [0.5, 0.6) is 0 Å². The van der Waals surface area contributed by atoms with Crippen LogP contribution in [0, 0.1) is 0 Å². The third-order valence-corrected chi connectivity index (χ3v) is 4.07. The molecule has 0 aliphatic heterocycles. The smallest absolute Gasteiger partial charge is 0.180 e. The van der Waals surface area contributed by atoms with Crippen molar-refractivity contribution >= 4 is 27.8 Å². The van der Waals surface area contributed by atoms with Crippen molar-refractivity contribution in [2.45, 2.75) is 26.7 Å². The van der Waals surface area contributed by atoms with E-state index in [1.165, 1.54) is 21.2 Å². The first-order valence-corrected chi connectivity index (χ1v) is 6.64. The number of rotatable bonds is 3. The highest BCUT2D eigenvalue weighted by atomic mass is 32.1. The number of nitrogen functional groups attached to an aromatic ring is 1. The van der Waals surface area contributed by atoms with E-state index in [0.717, 1.165) is 24.2 Å². The number of thiazole rings is 2. The van der Waals surface area contributed by atoms with Gasteiger partial charge in [0.15, 0.2) is 5.13 Å². The molecular weight excluding hydrogens is 226 g/mol. The van der Waals surface area contributed by atoms with Crippen molar-refractivity contribution in [3.63, 3.8) is 0 Å². The van der Waals surface area contributed by atoms with E-state index in [1.54, 1.807) is 11.3 Å². The van der Waals surface area contributed by atoms with Crippen molar-refractivity contribution in [1.29, 1.82) is 0 Å². The normalized spacial score (nSPS) is 10.8. The van der Waals surface area contributed by atoms with Crippen molar-refractivity contribution in [2.75, 3.05) is 5.73 Å². The van der Waals surface area contributed by atoms with Crippen LogP contribution >= 0.6 is 22.7 Å². The summed E-state index contributed by atoms with van der Waals surface area (Å²) in [6.45, 7) is 4.24. The molecule has 0 saturated heterocycles. The highest BCUT2D eigenvalue weighted by Gasteiger charge is 2.13. The fraction of sp³-hybridized carbons (Fsp3) is 0.400. The van der Waals surface area contributed by atoms with Crippen LogP contribution in [0.25, 0.3) is 10.6 Å². The predicted octanol–water partition coefficient (Wildman–Crippen LogP) is 2.97. The molecule has 0 saturated carbocycles. The van der Waals surface area contributed by atoms with Crippen molar-refractivity contribution < 1.29 is 0 Å². The van der Waals surface area contributed by atoms with Gasteiger partial charge in [0.1, 0.15) is 0 Å². The molecule has 0 amide bonds. The number of anilines is 1. The summed E-state index contributed by atoms with van der Waals surface area (Å²) in [4.78, 5) is 10.1. The van der Waals surface area contributed by atoms with E-state index >= 15 is 0 Å². The summed E-state index contributed by atoms with van der Waals surface area (Å²) >= 11 is 3.21. The van der Waals surface area contributed by atoms with Gasteiger partial charge in [-0.25, -0.2) is 9.97 Å². The van der Waals surface area contributed by atoms with Crippen LogP contribution < -0.4 is 5.73 Å². The summed E-state index contributed by atoms with van der Waals surface area (Å²) in [5.41, 5.74) is 7.76. The molecule has 15 heavy (non-hydrogen) atoms. The van der Waals surface area contributed by atoms with E-state index in [0.29, 0.717) is 5.13 Å². The van der Waals surface area contributed by atoms with E-state index in [1.807, 2.05) is 5.38 Å². The first kappa shape index (κ1) is 10.6. The first-order chi connectivity index (χ1) is 7.24. The maximum atomic E-state index is 5.64. The van der Waals surface area contributed by atoms with Gasteiger partial charge in [0.25, 0.3) is 0 Å². The SMILES string of the molecule is CCc1nc(CC)c(-c2csc(N)n2)s1. The molecule has 3 nitrogen and oxygen atoms in total. The van der Waals surface area contributed by atoms with Gasteiger partial charge in [0.2, 0.25) is 0 Å². The maximum absolute atomic E-state index is 5.64. The number of aromatic nitrogens is 2. The molecule has 0 unspecified atom stereocenters. The molecule has 2 N–H and O–H groups in total. The zero-order valence-electron chi connectivity index (χ0n) is 8.78. The van der Waals surface area contributed by atoms with Gasteiger partial charge in [-0.3, -0.25) is 0 Å². The molecule has 2 aromatic rings. The van der Waals surface area contributed by atoms with Gasteiger partial charge in [0.05, 0.1) is 21.3 Å².